The molecule has 0 radical (unpaired) electrons. The van der Waals surface area contributed by atoms with Crippen LogP contribution in [0.2, 0.25) is 0 Å². The lowest BCUT2D eigenvalue weighted by Gasteiger charge is -2.29. The van der Waals surface area contributed by atoms with Crippen molar-refractivity contribution >= 4 is 6.09 Å². The van der Waals surface area contributed by atoms with Crippen molar-refractivity contribution < 1.29 is 19.0 Å². The lowest BCUT2D eigenvalue weighted by molar-refractivity contribution is -0.0380. The molecule has 1 aromatic rings. The summed E-state index contributed by atoms with van der Waals surface area (Å²) in [6.07, 6.45) is 0.252. The first-order valence-electron chi connectivity index (χ1n) is 6.49. The topological polar surface area (TPSA) is 56.8 Å². The summed E-state index contributed by atoms with van der Waals surface area (Å²) >= 11 is 0. The van der Waals surface area contributed by atoms with Gasteiger partial charge in [-0.3, -0.25) is 0 Å². The molecule has 1 saturated heterocycles. The molecular formula is C14H17NO4. The minimum Gasteiger partial charge on any atom is -0.465 e. The lowest BCUT2D eigenvalue weighted by atomic mass is 9.80. The van der Waals surface area contributed by atoms with Crippen LogP contribution >= 0.6 is 0 Å². The Bertz CT molecular complexity index is 516. The summed E-state index contributed by atoms with van der Waals surface area (Å²) in [7, 11) is 0. The van der Waals surface area contributed by atoms with E-state index in [0.717, 1.165) is 17.7 Å². The zero-order valence-electron chi connectivity index (χ0n) is 11.1. The second kappa shape index (κ2) is 4.42. The SMILES string of the molecule is CCNC(=O)Oc1ccc2c(c1)[C@@]1(C)CO[C@H](C1)O2. The summed E-state index contributed by atoms with van der Waals surface area (Å²) in [5, 5.41) is 2.60. The Hall–Kier alpha value is -1.75. The molecule has 2 atom stereocenters. The van der Waals surface area contributed by atoms with Crippen LogP contribution < -0.4 is 14.8 Å². The number of fused-ring (bicyclic) bond motifs is 4. The largest absolute Gasteiger partial charge is 0.465 e. The van der Waals surface area contributed by atoms with Crippen LogP contribution in [0.1, 0.15) is 25.8 Å². The first-order chi connectivity index (χ1) is 9.10. The van der Waals surface area contributed by atoms with Gasteiger partial charge in [0.15, 0.2) is 0 Å². The molecule has 0 spiro atoms. The standard InChI is InChI=1S/C14H17NO4/c1-3-15-13(16)18-9-4-5-11-10(6-9)14(2)7-12(19-11)17-8-14/h4-6,12H,3,7-8H2,1-2H3,(H,15,16)/t12-,14+/m0/s1. The van der Waals surface area contributed by atoms with E-state index in [1.54, 1.807) is 6.07 Å². The Labute approximate surface area is 111 Å². The zero-order valence-corrected chi connectivity index (χ0v) is 11.1. The number of carbonyl (C=O) groups excluding carboxylic acids is 1. The van der Waals surface area contributed by atoms with Crippen LogP contribution in [0.4, 0.5) is 4.79 Å². The Morgan fingerprint density at radius 2 is 2.42 bits per heavy atom. The van der Waals surface area contributed by atoms with Crippen LogP contribution in [0, 0.1) is 0 Å². The molecule has 1 N–H and O–H groups in total. The van der Waals surface area contributed by atoms with Crippen LogP contribution in [-0.2, 0) is 10.2 Å². The highest BCUT2D eigenvalue weighted by atomic mass is 16.7. The number of rotatable bonds is 2. The maximum absolute atomic E-state index is 11.4. The molecule has 0 saturated carbocycles. The summed E-state index contributed by atoms with van der Waals surface area (Å²) in [6, 6.07) is 5.45. The molecule has 0 unspecified atom stereocenters. The van der Waals surface area contributed by atoms with Crippen molar-refractivity contribution in [1.29, 1.82) is 0 Å². The third-order valence-electron chi connectivity index (χ3n) is 3.60. The van der Waals surface area contributed by atoms with Crippen molar-refractivity contribution in [1.82, 2.24) is 5.32 Å². The predicted octanol–water partition coefficient (Wildman–Crippen LogP) is 2.19. The molecule has 2 aliphatic heterocycles. The van der Waals surface area contributed by atoms with Gasteiger partial charge in [0, 0.05) is 23.9 Å². The Balaban J connectivity index is 1.87. The quantitative estimate of drug-likeness (QED) is 0.888. The minimum absolute atomic E-state index is 0.0567. The number of carbonyl (C=O) groups is 1. The lowest BCUT2D eigenvalue weighted by Crippen LogP contribution is -2.29. The van der Waals surface area contributed by atoms with Gasteiger partial charge >= 0.3 is 6.09 Å². The van der Waals surface area contributed by atoms with Crippen molar-refractivity contribution in [2.45, 2.75) is 32.0 Å². The first-order valence-corrected chi connectivity index (χ1v) is 6.49. The second-order valence-corrected chi connectivity index (χ2v) is 5.20. The number of benzene rings is 1. The number of amides is 1. The Kier molecular flexibility index (Phi) is 2.86. The van der Waals surface area contributed by atoms with E-state index in [-0.39, 0.29) is 11.7 Å². The fraction of sp³-hybridized carbons (Fsp3) is 0.500. The Morgan fingerprint density at radius 3 is 3.21 bits per heavy atom. The summed E-state index contributed by atoms with van der Waals surface area (Å²) < 4.78 is 16.5. The maximum Gasteiger partial charge on any atom is 0.412 e. The summed E-state index contributed by atoms with van der Waals surface area (Å²) in [5.74, 6) is 1.35. The highest BCUT2D eigenvalue weighted by Crippen LogP contribution is 2.46. The molecule has 19 heavy (non-hydrogen) atoms. The van der Waals surface area contributed by atoms with Gasteiger partial charge in [0.2, 0.25) is 6.29 Å². The average Bonchev–Trinajstić information content (AvgIpc) is 2.68. The summed E-state index contributed by atoms with van der Waals surface area (Å²) in [4.78, 5) is 11.4. The van der Waals surface area contributed by atoms with E-state index in [1.165, 1.54) is 0 Å². The molecule has 0 aliphatic carbocycles. The molecule has 1 fully saturated rings. The van der Waals surface area contributed by atoms with Crippen LogP contribution in [0.25, 0.3) is 0 Å². The Morgan fingerprint density at radius 1 is 1.58 bits per heavy atom. The number of ether oxygens (including phenoxy) is 3. The van der Waals surface area contributed by atoms with Crippen molar-refractivity contribution in [3.63, 3.8) is 0 Å². The van der Waals surface area contributed by atoms with Gasteiger partial charge in [-0.25, -0.2) is 4.79 Å². The molecule has 2 bridgehead atoms. The van der Waals surface area contributed by atoms with Gasteiger partial charge in [-0.15, -0.1) is 0 Å². The molecule has 3 rings (SSSR count). The zero-order chi connectivity index (χ0) is 13.5. The predicted molar refractivity (Wildman–Crippen MR) is 68.5 cm³/mol. The average molecular weight is 263 g/mol. The monoisotopic (exact) mass is 263 g/mol. The minimum atomic E-state index is -0.440. The van der Waals surface area contributed by atoms with Crippen LogP contribution in [0.3, 0.4) is 0 Å². The van der Waals surface area contributed by atoms with Gasteiger partial charge < -0.3 is 19.5 Å². The van der Waals surface area contributed by atoms with E-state index in [1.807, 2.05) is 19.1 Å². The van der Waals surface area contributed by atoms with E-state index in [0.29, 0.717) is 18.9 Å². The molecule has 2 heterocycles. The molecule has 1 aromatic carbocycles. The summed E-state index contributed by atoms with van der Waals surface area (Å²) in [6.45, 7) is 5.17. The van der Waals surface area contributed by atoms with E-state index in [2.05, 4.69) is 12.2 Å². The van der Waals surface area contributed by atoms with Gasteiger partial charge in [-0.05, 0) is 25.1 Å². The third kappa shape index (κ3) is 2.14. The van der Waals surface area contributed by atoms with E-state index in [9.17, 15) is 4.79 Å². The van der Waals surface area contributed by atoms with Crippen molar-refractivity contribution in [3.05, 3.63) is 23.8 Å². The molecule has 102 valence electrons. The van der Waals surface area contributed by atoms with Crippen LogP contribution in [-0.4, -0.2) is 25.5 Å². The van der Waals surface area contributed by atoms with E-state index < -0.39 is 6.09 Å². The fourth-order valence-corrected chi connectivity index (χ4v) is 2.60. The fourth-order valence-electron chi connectivity index (χ4n) is 2.60. The highest BCUT2D eigenvalue weighted by Gasteiger charge is 2.45. The van der Waals surface area contributed by atoms with Crippen LogP contribution in [0.5, 0.6) is 11.5 Å². The molecule has 5 nitrogen and oxygen atoms in total. The summed E-state index contributed by atoms with van der Waals surface area (Å²) in [5.41, 5.74) is 0.988. The smallest absolute Gasteiger partial charge is 0.412 e. The van der Waals surface area contributed by atoms with Gasteiger partial charge in [-0.2, -0.15) is 0 Å². The molecule has 2 aliphatic rings. The van der Waals surface area contributed by atoms with Gasteiger partial charge in [0.25, 0.3) is 0 Å². The van der Waals surface area contributed by atoms with E-state index in [4.69, 9.17) is 14.2 Å². The van der Waals surface area contributed by atoms with E-state index >= 15 is 0 Å². The molecule has 1 amide bonds. The van der Waals surface area contributed by atoms with Gasteiger partial charge in [0.05, 0.1) is 6.61 Å². The molecular weight excluding hydrogens is 246 g/mol. The van der Waals surface area contributed by atoms with Crippen molar-refractivity contribution in [3.8, 4) is 11.5 Å². The molecule has 0 aromatic heterocycles. The maximum atomic E-state index is 11.4. The number of nitrogens with one attached hydrogen (secondary N) is 1. The first kappa shape index (κ1) is 12.3. The van der Waals surface area contributed by atoms with Crippen molar-refractivity contribution in [2.24, 2.45) is 0 Å². The normalized spacial score (nSPS) is 27.4. The van der Waals surface area contributed by atoms with Crippen LogP contribution in [0.15, 0.2) is 18.2 Å². The number of hydrogen-bond donors (Lipinski definition) is 1. The van der Waals surface area contributed by atoms with Gasteiger partial charge in [0.1, 0.15) is 11.5 Å². The second-order valence-electron chi connectivity index (χ2n) is 5.20. The molecule has 5 heteroatoms. The van der Waals surface area contributed by atoms with Crippen molar-refractivity contribution in [2.75, 3.05) is 13.2 Å². The highest BCUT2D eigenvalue weighted by molar-refractivity contribution is 5.70. The van der Waals surface area contributed by atoms with Gasteiger partial charge in [-0.1, -0.05) is 6.92 Å². The number of hydrogen-bond acceptors (Lipinski definition) is 4. The third-order valence-corrected chi connectivity index (χ3v) is 3.60.